The van der Waals surface area contributed by atoms with E-state index in [0.29, 0.717) is 0 Å². The van der Waals surface area contributed by atoms with Crippen LogP contribution in [0.25, 0.3) is 0 Å². The number of para-hydroxylation sites is 1. The van der Waals surface area contributed by atoms with Crippen molar-refractivity contribution in [1.29, 1.82) is 0 Å². The van der Waals surface area contributed by atoms with Gasteiger partial charge in [0.15, 0.2) is 0 Å². The molecule has 0 unspecified atom stereocenters. The molecule has 0 aliphatic heterocycles. The van der Waals surface area contributed by atoms with E-state index >= 15 is 0 Å². The van der Waals surface area contributed by atoms with Gasteiger partial charge >= 0.3 is 5.69 Å². The number of aryl methyl sites for hydroxylation is 1. The first-order chi connectivity index (χ1) is 9.60. The van der Waals surface area contributed by atoms with Gasteiger partial charge in [-0.05, 0) is 18.1 Å². The predicted molar refractivity (Wildman–Crippen MR) is 73.3 cm³/mol. The minimum absolute atomic E-state index is 0.0636. The number of amides is 1. The molecule has 20 heavy (non-hydrogen) atoms. The van der Waals surface area contributed by atoms with Gasteiger partial charge in [-0.3, -0.25) is 19.6 Å². The van der Waals surface area contributed by atoms with E-state index in [1.165, 1.54) is 10.9 Å². The molecular formula is C13H14N4O3. The lowest BCUT2D eigenvalue weighted by molar-refractivity contribution is -0.385. The van der Waals surface area contributed by atoms with Gasteiger partial charge in [0.05, 0.1) is 4.92 Å². The molecule has 0 bridgehead atoms. The number of nitrogens with one attached hydrogen (secondary N) is 1. The highest BCUT2D eigenvalue weighted by molar-refractivity contribution is 5.91. The molecular weight excluding hydrogens is 260 g/mol. The maximum absolute atomic E-state index is 11.9. The highest BCUT2D eigenvalue weighted by Gasteiger charge is 2.11. The summed E-state index contributed by atoms with van der Waals surface area (Å²) >= 11 is 0. The average molecular weight is 274 g/mol. The molecule has 104 valence electrons. The first-order valence-electron chi connectivity index (χ1n) is 6.14. The SMILES string of the molecule is CCc1ccccc1NC(=O)Cn1cc([N+](=O)[O-])cn1. The molecule has 2 rings (SSSR count). The second-order valence-electron chi connectivity index (χ2n) is 4.21. The van der Waals surface area contributed by atoms with Gasteiger partial charge in [0, 0.05) is 5.69 Å². The van der Waals surface area contributed by atoms with Crippen LogP contribution in [-0.2, 0) is 17.8 Å². The van der Waals surface area contributed by atoms with Crippen molar-refractivity contribution in [2.45, 2.75) is 19.9 Å². The van der Waals surface area contributed by atoms with Gasteiger partial charge in [0.2, 0.25) is 5.91 Å². The Bertz CT molecular complexity index is 636. The predicted octanol–water partition coefficient (Wildman–Crippen LogP) is 1.99. The third kappa shape index (κ3) is 3.19. The number of anilines is 1. The molecule has 0 saturated carbocycles. The molecule has 0 saturated heterocycles. The van der Waals surface area contributed by atoms with E-state index < -0.39 is 4.92 Å². The lowest BCUT2D eigenvalue weighted by Crippen LogP contribution is -2.19. The minimum atomic E-state index is -0.548. The maximum Gasteiger partial charge on any atom is 0.307 e. The maximum atomic E-state index is 11.9. The van der Waals surface area contributed by atoms with Crippen LogP contribution in [0.1, 0.15) is 12.5 Å². The van der Waals surface area contributed by atoms with Gasteiger partial charge in [-0.25, -0.2) is 0 Å². The minimum Gasteiger partial charge on any atom is -0.324 e. The quantitative estimate of drug-likeness (QED) is 0.666. The van der Waals surface area contributed by atoms with Crippen molar-refractivity contribution in [3.63, 3.8) is 0 Å². The zero-order valence-corrected chi connectivity index (χ0v) is 10.9. The Morgan fingerprint density at radius 3 is 2.85 bits per heavy atom. The van der Waals surface area contributed by atoms with Gasteiger partial charge in [0.1, 0.15) is 18.9 Å². The number of nitro groups is 1. The van der Waals surface area contributed by atoms with Crippen molar-refractivity contribution in [2.75, 3.05) is 5.32 Å². The fraction of sp³-hybridized carbons (Fsp3) is 0.231. The topological polar surface area (TPSA) is 90.1 Å². The molecule has 1 heterocycles. The number of hydrogen-bond donors (Lipinski definition) is 1. The van der Waals surface area contributed by atoms with E-state index in [4.69, 9.17) is 0 Å². The summed E-state index contributed by atoms with van der Waals surface area (Å²) in [6, 6.07) is 7.51. The van der Waals surface area contributed by atoms with Crippen molar-refractivity contribution in [3.05, 3.63) is 52.3 Å². The Hall–Kier alpha value is -2.70. The van der Waals surface area contributed by atoms with Crippen LogP contribution in [0.5, 0.6) is 0 Å². The highest BCUT2D eigenvalue weighted by Crippen LogP contribution is 2.15. The van der Waals surface area contributed by atoms with Crippen LogP contribution in [0.4, 0.5) is 11.4 Å². The van der Waals surface area contributed by atoms with Crippen LogP contribution in [0.3, 0.4) is 0 Å². The monoisotopic (exact) mass is 274 g/mol. The van der Waals surface area contributed by atoms with Crippen molar-refractivity contribution in [2.24, 2.45) is 0 Å². The molecule has 0 spiro atoms. The average Bonchev–Trinajstić information content (AvgIpc) is 2.88. The van der Waals surface area contributed by atoms with Crippen molar-refractivity contribution in [1.82, 2.24) is 9.78 Å². The molecule has 7 heteroatoms. The number of carbonyl (C=O) groups excluding carboxylic acids is 1. The smallest absolute Gasteiger partial charge is 0.307 e. The second-order valence-corrected chi connectivity index (χ2v) is 4.21. The number of rotatable bonds is 5. The van der Waals surface area contributed by atoms with Crippen molar-refractivity contribution < 1.29 is 9.72 Å². The zero-order valence-electron chi connectivity index (χ0n) is 10.9. The second kappa shape index (κ2) is 5.96. The summed E-state index contributed by atoms with van der Waals surface area (Å²) in [5.74, 6) is -0.274. The third-order valence-electron chi connectivity index (χ3n) is 2.81. The fourth-order valence-corrected chi connectivity index (χ4v) is 1.82. The number of benzene rings is 1. The van der Waals surface area contributed by atoms with E-state index in [-0.39, 0.29) is 18.1 Å². The molecule has 0 fully saturated rings. The standard InChI is InChI=1S/C13H14N4O3/c1-2-10-5-3-4-6-12(10)15-13(18)9-16-8-11(7-14-16)17(19)20/h3-8H,2,9H2,1H3,(H,15,18). The Morgan fingerprint density at radius 2 is 2.20 bits per heavy atom. The first-order valence-corrected chi connectivity index (χ1v) is 6.14. The molecule has 0 aliphatic carbocycles. The summed E-state index contributed by atoms with van der Waals surface area (Å²) in [5, 5.41) is 17.1. The molecule has 2 aromatic rings. The summed E-state index contributed by atoms with van der Waals surface area (Å²) in [5.41, 5.74) is 1.65. The lowest BCUT2D eigenvalue weighted by atomic mass is 10.1. The first kappa shape index (κ1) is 13.7. The fourth-order valence-electron chi connectivity index (χ4n) is 1.82. The van der Waals surface area contributed by atoms with E-state index in [1.807, 2.05) is 31.2 Å². The molecule has 0 atom stereocenters. The van der Waals surface area contributed by atoms with E-state index in [9.17, 15) is 14.9 Å². The molecule has 0 radical (unpaired) electrons. The summed E-state index contributed by atoms with van der Waals surface area (Å²) in [4.78, 5) is 21.9. The van der Waals surface area contributed by atoms with Crippen LogP contribution in [0.2, 0.25) is 0 Å². The molecule has 1 aromatic carbocycles. The summed E-state index contributed by atoms with van der Waals surface area (Å²) in [7, 11) is 0. The van der Waals surface area contributed by atoms with Gasteiger partial charge in [-0.2, -0.15) is 5.10 Å². The Kier molecular flexibility index (Phi) is 4.09. The number of aromatic nitrogens is 2. The lowest BCUT2D eigenvalue weighted by Gasteiger charge is -2.09. The summed E-state index contributed by atoms with van der Waals surface area (Å²) in [6.45, 7) is 1.94. The molecule has 7 nitrogen and oxygen atoms in total. The van der Waals surface area contributed by atoms with Crippen LogP contribution in [0.15, 0.2) is 36.7 Å². The van der Waals surface area contributed by atoms with Gasteiger partial charge in [0.25, 0.3) is 0 Å². The summed E-state index contributed by atoms with van der Waals surface area (Å²) in [6.07, 6.45) is 3.16. The molecule has 1 N–H and O–H groups in total. The highest BCUT2D eigenvalue weighted by atomic mass is 16.6. The third-order valence-corrected chi connectivity index (χ3v) is 2.81. The van der Waals surface area contributed by atoms with Crippen molar-refractivity contribution >= 4 is 17.3 Å². The normalized spacial score (nSPS) is 10.2. The van der Waals surface area contributed by atoms with E-state index in [1.54, 1.807) is 0 Å². The van der Waals surface area contributed by atoms with Crippen LogP contribution in [-0.4, -0.2) is 20.6 Å². The van der Waals surface area contributed by atoms with Gasteiger partial charge < -0.3 is 5.32 Å². The van der Waals surface area contributed by atoms with Crippen LogP contribution in [0, 0.1) is 10.1 Å². The molecule has 0 aliphatic rings. The molecule has 1 amide bonds. The Balaban J connectivity index is 2.03. The van der Waals surface area contributed by atoms with Crippen molar-refractivity contribution in [3.8, 4) is 0 Å². The van der Waals surface area contributed by atoms with Gasteiger partial charge in [-0.15, -0.1) is 0 Å². The van der Waals surface area contributed by atoms with Crippen LogP contribution >= 0.6 is 0 Å². The molecule has 1 aromatic heterocycles. The largest absolute Gasteiger partial charge is 0.324 e. The zero-order chi connectivity index (χ0) is 14.5. The van der Waals surface area contributed by atoms with E-state index in [2.05, 4.69) is 10.4 Å². The number of hydrogen-bond acceptors (Lipinski definition) is 4. The van der Waals surface area contributed by atoms with Crippen LogP contribution < -0.4 is 5.32 Å². The Morgan fingerprint density at radius 1 is 1.45 bits per heavy atom. The number of nitrogens with zero attached hydrogens (tertiary/aromatic N) is 3. The van der Waals surface area contributed by atoms with E-state index in [0.717, 1.165) is 23.9 Å². The summed E-state index contributed by atoms with van der Waals surface area (Å²) < 4.78 is 1.24. The van der Waals surface area contributed by atoms with Gasteiger partial charge in [-0.1, -0.05) is 25.1 Å². The number of carbonyl (C=O) groups is 1. The Labute approximate surface area is 115 Å².